The van der Waals surface area contributed by atoms with Crippen molar-refractivity contribution in [3.05, 3.63) is 22.9 Å². The predicted octanol–water partition coefficient (Wildman–Crippen LogP) is 3.43. The van der Waals surface area contributed by atoms with Crippen LogP contribution in [0.2, 0.25) is 0 Å². The van der Waals surface area contributed by atoms with E-state index in [0.717, 1.165) is 25.3 Å². The van der Waals surface area contributed by atoms with Crippen molar-refractivity contribution in [2.24, 2.45) is 5.92 Å². The fourth-order valence-corrected chi connectivity index (χ4v) is 3.03. The molecule has 1 fully saturated rings. The highest BCUT2D eigenvalue weighted by molar-refractivity contribution is 5.53. The maximum Gasteiger partial charge on any atom is 0.133 e. The smallest absolute Gasteiger partial charge is 0.133 e. The van der Waals surface area contributed by atoms with E-state index in [2.05, 4.69) is 50.9 Å². The Hall–Kier alpha value is -1.09. The molecular formula is C17H29N3. The number of pyridine rings is 1. The van der Waals surface area contributed by atoms with Crippen molar-refractivity contribution in [3.8, 4) is 0 Å². The van der Waals surface area contributed by atoms with Crippen LogP contribution in [0.5, 0.6) is 0 Å². The lowest BCUT2D eigenvalue weighted by atomic mass is 10.1. The highest BCUT2D eigenvalue weighted by Crippen LogP contribution is 2.29. The van der Waals surface area contributed by atoms with Gasteiger partial charge in [0.2, 0.25) is 0 Å². The molecule has 20 heavy (non-hydrogen) atoms. The minimum Gasteiger partial charge on any atom is -0.354 e. The second-order valence-corrected chi connectivity index (χ2v) is 6.59. The summed E-state index contributed by atoms with van der Waals surface area (Å²) in [5.41, 5.74) is 3.87. The summed E-state index contributed by atoms with van der Waals surface area (Å²) >= 11 is 0. The Labute approximate surface area is 123 Å². The number of rotatable bonds is 5. The number of aromatic nitrogens is 1. The topological polar surface area (TPSA) is 28.2 Å². The summed E-state index contributed by atoms with van der Waals surface area (Å²) in [7, 11) is 0. The van der Waals surface area contributed by atoms with Gasteiger partial charge in [-0.1, -0.05) is 13.8 Å². The molecule has 3 nitrogen and oxygen atoms in total. The van der Waals surface area contributed by atoms with E-state index in [9.17, 15) is 0 Å². The third-order valence-corrected chi connectivity index (χ3v) is 4.13. The predicted molar refractivity (Wildman–Crippen MR) is 86.3 cm³/mol. The molecule has 0 amide bonds. The van der Waals surface area contributed by atoms with Crippen molar-refractivity contribution in [2.75, 3.05) is 18.0 Å². The van der Waals surface area contributed by atoms with Crippen LogP contribution in [0.3, 0.4) is 0 Å². The van der Waals surface area contributed by atoms with Crippen LogP contribution in [0.15, 0.2) is 6.07 Å². The lowest BCUT2D eigenvalue weighted by molar-refractivity contribution is 0.550. The van der Waals surface area contributed by atoms with E-state index in [1.165, 1.54) is 29.8 Å². The minimum atomic E-state index is 0.618. The summed E-state index contributed by atoms with van der Waals surface area (Å²) < 4.78 is 0. The van der Waals surface area contributed by atoms with Crippen molar-refractivity contribution < 1.29 is 0 Å². The number of hydrogen-bond acceptors (Lipinski definition) is 3. The quantitative estimate of drug-likeness (QED) is 0.892. The van der Waals surface area contributed by atoms with Gasteiger partial charge in [0.15, 0.2) is 0 Å². The van der Waals surface area contributed by atoms with Crippen LogP contribution in [0, 0.1) is 19.8 Å². The summed E-state index contributed by atoms with van der Waals surface area (Å²) in [6, 6.07) is 2.82. The standard InChI is InChI=1S/C17H29N3/c1-12(2)10-18-11-16-13(3)9-14(4)19-17(16)20-8-6-7-15(20)5/h9,12,15,18H,6-8,10-11H2,1-5H3. The molecule has 0 saturated carbocycles. The highest BCUT2D eigenvalue weighted by atomic mass is 15.2. The molecular weight excluding hydrogens is 246 g/mol. The van der Waals surface area contributed by atoms with E-state index < -0.39 is 0 Å². The highest BCUT2D eigenvalue weighted by Gasteiger charge is 2.24. The van der Waals surface area contributed by atoms with Crippen molar-refractivity contribution in [2.45, 2.75) is 60.0 Å². The van der Waals surface area contributed by atoms with Gasteiger partial charge < -0.3 is 10.2 Å². The zero-order chi connectivity index (χ0) is 14.7. The van der Waals surface area contributed by atoms with Crippen LogP contribution < -0.4 is 10.2 Å². The van der Waals surface area contributed by atoms with Gasteiger partial charge in [0, 0.05) is 30.4 Å². The van der Waals surface area contributed by atoms with Gasteiger partial charge in [-0.25, -0.2) is 4.98 Å². The average Bonchev–Trinajstić information content (AvgIpc) is 2.77. The van der Waals surface area contributed by atoms with Gasteiger partial charge in [0.1, 0.15) is 5.82 Å². The number of aryl methyl sites for hydroxylation is 2. The van der Waals surface area contributed by atoms with Gasteiger partial charge in [-0.3, -0.25) is 0 Å². The Morgan fingerprint density at radius 3 is 2.75 bits per heavy atom. The molecule has 0 spiro atoms. The Bertz CT molecular complexity index is 454. The van der Waals surface area contributed by atoms with Crippen molar-refractivity contribution in [1.29, 1.82) is 0 Å². The van der Waals surface area contributed by atoms with Gasteiger partial charge >= 0.3 is 0 Å². The Kier molecular flexibility index (Phi) is 5.03. The van der Waals surface area contributed by atoms with Crippen LogP contribution in [0.1, 0.15) is 50.4 Å². The summed E-state index contributed by atoms with van der Waals surface area (Å²) in [5.74, 6) is 1.90. The van der Waals surface area contributed by atoms with Crippen LogP contribution in [-0.4, -0.2) is 24.1 Å². The van der Waals surface area contributed by atoms with E-state index >= 15 is 0 Å². The average molecular weight is 275 g/mol. The van der Waals surface area contributed by atoms with Crippen molar-refractivity contribution in [3.63, 3.8) is 0 Å². The molecule has 2 rings (SSSR count). The molecule has 0 aromatic carbocycles. The maximum atomic E-state index is 4.85. The van der Waals surface area contributed by atoms with Gasteiger partial charge in [-0.15, -0.1) is 0 Å². The first kappa shape index (κ1) is 15.3. The number of nitrogens with zero attached hydrogens (tertiary/aromatic N) is 2. The molecule has 0 aliphatic carbocycles. The Balaban J connectivity index is 2.24. The third kappa shape index (κ3) is 3.51. The van der Waals surface area contributed by atoms with E-state index in [-0.39, 0.29) is 0 Å². The second-order valence-electron chi connectivity index (χ2n) is 6.59. The van der Waals surface area contributed by atoms with E-state index in [1.807, 2.05) is 0 Å². The molecule has 112 valence electrons. The Morgan fingerprint density at radius 2 is 2.15 bits per heavy atom. The van der Waals surface area contributed by atoms with Crippen molar-refractivity contribution >= 4 is 5.82 Å². The normalized spacial score (nSPS) is 19.1. The summed E-state index contributed by atoms with van der Waals surface area (Å²) in [6.45, 7) is 14.3. The zero-order valence-electron chi connectivity index (χ0n) is 13.7. The molecule has 1 N–H and O–H groups in total. The lowest BCUT2D eigenvalue weighted by Gasteiger charge is -2.27. The first-order valence-corrected chi connectivity index (χ1v) is 7.93. The first-order valence-electron chi connectivity index (χ1n) is 7.93. The van der Waals surface area contributed by atoms with Gasteiger partial charge in [-0.05, 0) is 57.7 Å². The Morgan fingerprint density at radius 1 is 1.40 bits per heavy atom. The van der Waals surface area contributed by atoms with Gasteiger partial charge in [-0.2, -0.15) is 0 Å². The fourth-order valence-electron chi connectivity index (χ4n) is 3.03. The fraction of sp³-hybridized carbons (Fsp3) is 0.706. The summed E-state index contributed by atoms with van der Waals surface area (Å²) in [4.78, 5) is 7.34. The lowest BCUT2D eigenvalue weighted by Crippen LogP contribution is -2.30. The second kappa shape index (κ2) is 6.57. The van der Waals surface area contributed by atoms with E-state index in [1.54, 1.807) is 0 Å². The van der Waals surface area contributed by atoms with Crippen LogP contribution in [0.25, 0.3) is 0 Å². The summed E-state index contributed by atoms with van der Waals surface area (Å²) in [5, 5.41) is 3.57. The minimum absolute atomic E-state index is 0.618. The van der Waals surface area contributed by atoms with E-state index in [0.29, 0.717) is 12.0 Å². The number of hydrogen-bond donors (Lipinski definition) is 1. The molecule has 1 aliphatic rings. The SMILES string of the molecule is Cc1cc(C)c(CNCC(C)C)c(N2CCCC2C)n1. The molecule has 1 unspecified atom stereocenters. The molecule has 3 heteroatoms. The summed E-state index contributed by atoms with van der Waals surface area (Å²) in [6.07, 6.45) is 2.57. The van der Waals surface area contributed by atoms with Gasteiger partial charge in [0.05, 0.1) is 0 Å². The largest absolute Gasteiger partial charge is 0.354 e. The monoisotopic (exact) mass is 275 g/mol. The molecule has 0 bridgehead atoms. The number of nitrogens with one attached hydrogen (secondary N) is 1. The molecule has 2 heterocycles. The van der Waals surface area contributed by atoms with E-state index in [4.69, 9.17) is 4.98 Å². The molecule has 1 saturated heterocycles. The molecule has 1 aromatic heterocycles. The molecule has 1 aromatic rings. The molecule has 1 atom stereocenters. The first-order chi connectivity index (χ1) is 9.49. The number of anilines is 1. The van der Waals surface area contributed by atoms with Crippen LogP contribution in [-0.2, 0) is 6.54 Å². The van der Waals surface area contributed by atoms with Crippen molar-refractivity contribution in [1.82, 2.24) is 10.3 Å². The van der Waals surface area contributed by atoms with Crippen LogP contribution >= 0.6 is 0 Å². The molecule has 0 radical (unpaired) electrons. The zero-order valence-corrected chi connectivity index (χ0v) is 13.7. The third-order valence-electron chi connectivity index (χ3n) is 4.13. The maximum absolute atomic E-state index is 4.85. The van der Waals surface area contributed by atoms with Crippen LogP contribution in [0.4, 0.5) is 5.82 Å². The molecule has 1 aliphatic heterocycles. The van der Waals surface area contributed by atoms with Gasteiger partial charge in [0.25, 0.3) is 0 Å².